The van der Waals surface area contributed by atoms with E-state index in [1.54, 1.807) is 0 Å². The molecule has 1 aliphatic heterocycles. The zero-order valence-electron chi connectivity index (χ0n) is 11.9. The van der Waals surface area contributed by atoms with Crippen molar-refractivity contribution in [2.24, 2.45) is 0 Å². The van der Waals surface area contributed by atoms with Crippen LogP contribution in [0.3, 0.4) is 0 Å². The van der Waals surface area contributed by atoms with Crippen molar-refractivity contribution in [2.75, 3.05) is 0 Å². The van der Waals surface area contributed by atoms with E-state index in [0.717, 1.165) is 12.1 Å². The molecule has 2 rings (SSSR count). The number of hydrogen-bond acceptors (Lipinski definition) is 9. The molecule has 0 aromatic heterocycles. The van der Waals surface area contributed by atoms with Gasteiger partial charge in [-0.15, -0.1) is 0 Å². The van der Waals surface area contributed by atoms with Crippen molar-refractivity contribution in [1.29, 1.82) is 0 Å². The number of rotatable bonds is 4. The van der Waals surface area contributed by atoms with Gasteiger partial charge in [0.2, 0.25) is 6.29 Å². The summed E-state index contributed by atoms with van der Waals surface area (Å²) < 4.78 is 9.99. The molecule has 0 unspecified atom stereocenters. The fourth-order valence-electron chi connectivity index (χ4n) is 1.92. The van der Waals surface area contributed by atoms with Gasteiger partial charge in [-0.25, -0.2) is 0 Å². The van der Waals surface area contributed by atoms with Crippen LogP contribution in [0.25, 0.3) is 0 Å². The van der Waals surface area contributed by atoms with Crippen LogP contribution in [0.2, 0.25) is 0 Å². The number of ether oxygens (including phenoxy) is 2. The second-order valence-electron chi connectivity index (χ2n) is 4.58. The molecule has 1 aromatic carbocycles. The van der Waals surface area contributed by atoms with E-state index in [2.05, 4.69) is 0 Å². The molecule has 120 valence electrons. The number of hydrogen-bond donors (Lipinski definition) is 3. The second kappa shape index (κ2) is 8.02. The van der Waals surface area contributed by atoms with Gasteiger partial charge < -0.3 is 34.7 Å². The minimum atomic E-state index is -1.89. The number of benzene rings is 1. The topological polar surface area (TPSA) is 162 Å². The average molecular weight is 337 g/mol. The number of aliphatic hydroxyl groups excluding tert-OH is 3. The number of carbonyl (C=O) groups is 1. The summed E-state index contributed by atoms with van der Waals surface area (Å²) in [5, 5.41) is 50.1. The van der Waals surface area contributed by atoms with E-state index in [1.807, 2.05) is 0 Å². The van der Waals surface area contributed by atoms with Gasteiger partial charge in [0, 0.05) is 12.1 Å². The van der Waals surface area contributed by atoms with Crippen LogP contribution in [0.1, 0.15) is 0 Å². The Morgan fingerprint density at radius 2 is 1.70 bits per heavy atom. The summed E-state index contributed by atoms with van der Waals surface area (Å²) >= 11 is 0. The number of carboxylic acid groups (broad SMARTS) is 1. The molecular weight excluding hydrogens is 325 g/mol. The number of carbonyl (C=O) groups excluding carboxylic acids is 1. The average Bonchev–Trinajstić information content (AvgIpc) is 2.48. The molecule has 0 amide bonds. The monoisotopic (exact) mass is 337 g/mol. The van der Waals surface area contributed by atoms with Gasteiger partial charge in [-0.1, -0.05) is 0 Å². The maximum Gasteiger partial charge on any atom is 1.00 e. The van der Waals surface area contributed by atoms with Crippen LogP contribution in [0.4, 0.5) is 5.69 Å². The molecule has 1 aliphatic rings. The first-order valence-electron chi connectivity index (χ1n) is 6.13. The SMILES string of the molecule is O=C([O-])[C@H]1O[C@@H](Oc2ccc([N+](=O)[O-])cc2)[C@H](O)[C@@H](O)[C@@H]1O.[Na+]. The van der Waals surface area contributed by atoms with Crippen LogP contribution in [0.5, 0.6) is 5.75 Å². The third kappa shape index (κ3) is 4.38. The van der Waals surface area contributed by atoms with Gasteiger partial charge in [0.05, 0.1) is 10.9 Å². The summed E-state index contributed by atoms with van der Waals surface area (Å²) in [4.78, 5) is 20.7. The van der Waals surface area contributed by atoms with Crippen molar-refractivity contribution in [3.8, 4) is 5.75 Å². The van der Waals surface area contributed by atoms with Crippen molar-refractivity contribution < 1.29 is 69.2 Å². The maximum absolute atomic E-state index is 10.8. The van der Waals surface area contributed by atoms with Crippen LogP contribution >= 0.6 is 0 Å². The molecule has 1 fully saturated rings. The molecule has 0 saturated carbocycles. The Kier molecular flexibility index (Phi) is 6.89. The van der Waals surface area contributed by atoms with Gasteiger partial charge in [0.25, 0.3) is 5.69 Å². The molecule has 0 spiro atoms. The number of nitrogens with zero attached hydrogens (tertiary/aromatic N) is 1. The number of nitro groups is 1. The van der Waals surface area contributed by atoms with Crippen LogP contribution in [-0.2, 0) is 9.53 Å². The van der Waals surface area contributed by atoms with Crippen LogP contribution in [-0.4, -0.2) is 56.9 Å². The predicted molar refractivity (Wildman–Crippen MR) is 65.4 cm³/mol. The zero-order chi connectivity index (χ0) is 16.4. The number of nitro benzene ring substituents is 1. The first kappa shape index (κ1) is 19.8. The standard InChI is InChI=1S/C12H13NO9.Na/c14-7-8(15)10(11(17)18)22-12(9(7)16)21-6-3-1-5(2-4-6)13(19)20;/h1-4,7-10,12,14-16H,(H,17,18);/q;+1/p-1/t7-,8-,9+,10-,12+;/m0./s1. The summed E-state index contributed by atoms with van der Waals surface area (Å²) in [5.74, 6) is -1.74. The van der Waals surface area contributed by atoms with Gasteiger partial charge in [0.15, 0.2) is 0 Å². The Balaban J connectivity index is 0.00000264. The van der Waals surface area contributed by atoms with E-state index in [-0.39, 0.29) is 41.0 Å². The fraction of sp³-hybridized carbons (Fsp3) is 0.417. The van der Waals surface area contributed by atoms with Crippen molar-refractivity contribution >= 4 is 11.7 Å². The summed E-state index contributed by atoms with van der Waals surface area (Å²) in [6.45, 7) is 0. The molecule has 1 aromatic rings. The largest absolute Gasteiger partial charge is 1.00 e. The van der Waals surface area contributed by atoms with Gasteiger partial charge in [-0.2, -0.15) is 0 Å². The molecule has 0 radical (unpaired) electrons. The van der Waals surface area contributed by atoms with E-state index in [0.29, 0.717) is 0 Å². The molecule has 0 bridgehead atoms. The Hall–Kier alpha value is -1.27. The molecule has 11 heteroatoms. The molecule has 0 aliphatic carbocycles. The number of aliphatic hydroxyl groups is 3. The first-order valence-corrected chi connectivity index (χ1v) is 6.13. The van der Waals surface area contributed by atoms with Crippen LogP contribution < -0.4 is 39.4 Å². The number of aliphatic carboxylic acids is 1. The van der Waals surface area contributed by atoms with Crippen LogP contribution in [0.15, 0.2) is 24.3 Å². The van der Waals surface area contributed by atoms with Crippen molar-refractivity contribution in [3.05, 3.63) is 34.4 Å². The fourth-order valence-corrected chi connectivity index (χ4v) is 1.92. The minimum Gasteiger partial charge on any atom is -0.547 e. The zero-order valence-corrected chi connectivity index (χ0v) is 13.9. The third-order valence-electron chi connectivity index (χ3n) is 3.10. The Morgan fingerprint density at radius 3 is 2.17 bits per heavy atom. The number of non-ortho nitro benzene ring substituents is 1. The normalized spacial score (nSPS) is 30.1. The molecule has 3 N–H and O–H groups in total. The van der Waals surface area contributed by atoms with E-state index in [1.165, 1.54) is 12.1 Å². The minimum absolute atomic E-state index is 0. The summed E-state index contributed by atoms with van der Waals surface area (Å²) in [6.07, 6.45) is -8.90. The third-order valence-corrected chi connectivity index (χ3v) is 3.10. The Bertz CT molecular complexity index is 566. The van der Waals surface area contributed by atoms with Crippen molar-refractivity contribution in [2.45, 2.75) is 30.7 Å². The second-order valence-corrected chi connectivity index (χ2v) is 4.58. The summed E-state index contributed by atoms with van der Waals surface area (Å²) in [5.41, 5.74) is -0.194. The first-order chi connectivity index (χ1) is 10.3. The van der Waals surface area contributed by atoms with Crippen LogP contribution in [0, 0.1) is 10.1 Å². The predicted octanol–water partition coefficient (Wildman–Crippen LogP) is -5.46. The maximum atomic E-state index is 10.8. The molecule has 1 heterocycles. The molecular formula is C12H12NNaO9. The van der Waals surface area contributed by atoms with Crippen molar-refractivity contribution in [1.82, 2.24) is 0 Å². The van der Waals surface area contributed by atoms with E-state index >= 15 is 0 Å². The molecule has 5 atom stereocenters. The van der Waals surface area contributed by atoms with E-state index in [4.69, 9.17) is 9.47 Å². The Morgan fingerprint density at radius 1 is 1.13 bits per heavy atom. The Labute approximate surface area is 151 Å². The quantitative estimate of drug-likeness (QED) is 0.276. The van der Waals surface area contributed by atoms with Gasteiger partial charge in [0.1, 0.15) is 30.2 Å². The van der Waals surface area contributed by atoms with E-state index in [9.17, 15) is 35.3 Å². The van der Waals surface area contributed by atoms with Gasteiger partial charge >= 0.3 is 29.6 Å². The smallest absolute Gasteiger partial charge is 0.547 e. The van der Waals surface area contributed by atoms with Gasteiger partial charge in [-0.3, -0.25) is 10.1 Å². The summed E-state index contributed by atoms with van der Waals surface area (Å²) in [6, 6.07) is 4.68. The molecule has 23 heavy (non-hydrogen) atoms. The number of carboxylic acids is 1. The molecule has 1 saturated heterocycles. The van der Waals surface area contributed by atoms with Crippen molar-refractivity contribution in [3.63, 3.8) is 0 Å². The molecule has 10 nitrogen and oxygen atoms in total. The van der Waals surface area contributed by atoms with Gasteiger partial charge in [-0.05, 0) is 12.1 Å². The summed E-state index contributed by atoms with van der Waals surface area (Å²) in [7, 11) is 0. The van der Waals surface area contributed by atoms with E-state index < -0.39 is 41.6 Å².